The lowest BCUT2D eigenvalue weighted by Crippen LogP contribution is -2.45. The van der Waals surface area contributed by atoms with E-state index in [0.29, 0.717) is 6.04 Å². The molecule has 0 bridgehead atoms. The van der Waals surface area contributed by atoms with Gasteiger partial charge >= 0.3 is 0 Å². The number of anilines is 1. The smallest absolute Gasteiger partial charge is 0.133 e. The van der Waals surface area contributed by atoms with Gasteiger partial charge in [-0.2, -0.15) is 0 Å². The van der Waals surface area contributed by atoms with Crippen LogP contribution in [0.4, 0.5) is 5.69 Å². The maximum absolute atomic E-state index is 5.40. The number of ether oxygens (including phenoxy) is 2. The molecule has 1 unspecified atom stereocenters. The molecule has 1 aliphatic rings. The number of methoxy groups -OCH3 is 1. The molecule has 0 saturated carbocycles. The van der Waals surface area contributed by atoms with Crippen LogP contribution in [0.25, 0.3) is 0 Å². The molecule has 0 aromatic heterocycles. The molecule has 2 N–H and O–H groups in total. The number of nitrogens with one attached hydrogen (secondary N) is 2. The summed E-state index contributed by atoms with van der Waals surface area (Å²) >= 11 is 3.47. The van der Waals surface area contributed by atoms with Crippen molar-refractivity contribution >= 4 is 21.6 Å². The van der Waals surface area contributed by atoms with E-state index in [2.05, 4.69) is 26.6 Å². The number of rotatable bonds is 4. The van der Waals surface area contributed by atoms with Crippen LogP contribution >= 0.6 is 15.9 Å². The Hall–Kier alpha value is -0.780. The van der Waals surface area contributed by atoms with Crippen molar-refractivity contribution in [2.75, 3.05) is 38.7 Å². The van der Waals surface area contributed by atoms with Crippen molar-refractivity contribution in [1.29, 1.82) is 0 Å². The van der Waals surface area contributed by atoms with Crippen molar-refractivity contribution in [1.82, 2.24) is 5.32 Å². The van der Waals surface area contributed by atoms with Crippen LogP contribution < -0.4 is 15.4 Å². The first-order valence-electron chi connectivity index (χ1n) is 5.68. The molecule has 0 radical (unpaired) electrons. The number of hydrogen-bond acceptors (Lipinski definition) is 4. The number of morpholine rings is 1. The van der Waals surface area contributed by atoms with E-state index in [1.165, 1.54) is 0 Å². The van der Waals surface area contributed by atoms with Crippen molar-refractivity contribution in [2.24, 2.45) is 0 Å². The molecule has 2 rings (SSSR count). The number of benzene rings is 1. The van der Waals surface area contributed by atoms with Crippen molar-refractivity contribution in [3.05, 3.63) is 22.7 Å². The molecule has 5 heteroatoms. The third-order valence-corrected chi connectivity index (χ3v) is 3.32. The van der Waals surface area contributed by atoms with Gasteiger partial charge in [-0.3, -0.25) is 0 Å². The molecule has 1 heterocycles. The molecule has 1 fully saturated rings. The van der Waals surface area contributed by atoms with Crippen LogP contribution in [0.2, 0.25) is 0 Å². The molecule has 0 aliphatic carbocycles. The second kappa shape index (κ2) is 6.23. The first-order valence-corrected chi connectivity index (χ1v) is 6.47. The molecule has 1 aromatic rings. The van der Waals surface area contributed by atoms with Crippen LogP contribution in [-0.2, 0) is 4.74 Å². The Bertz CT molecular complexity index is 368. The average molecular weight is 301 g/mol. The van der Waals surface area contributed by atoms with Gasteiger partial charge < -0.3 is 20.1 Å². The summed E-state index contributed by atoms with van der Waals surface area (Å²) < 4.78 is 11.5. The van der Waals surface area contributed by atoms with Gasteiger partial charge in [-0.15, -0.1) is 0 Å². The molecular weight excluding hydrogens is 284 g/mol. The Labute approximate surface area is 110 Å². The first kappa shape index (κ1) is 12.7. The Morgan fingerprint density at radius 1 is 1.59 bits per heavy atom. The van der Waals surface area contributed by atoms with Crippen molar-refractivity contribution < 1.29 is 9.47 Å². The monoisotopic (exact) mass is 300 g/mol. The molecule has 4 nitrogen and oxygen atoms in total. The molecule has 0 amide bonds. The summed E-state index contributed by atoms with van der Waals surface area (Å²) in [6.45, 7) is 3.37. The van der Waals surface area contributed by atoms with Gasteiger partial charge in [0, 0.05) is 24.8 Å². The lowest BCUT2D eigenvalue weighted by molar-refractivity contribution is 0.0806. The van der Waals surface area contributed by atoms with Gasteiger partial charge in [-0.05, 0) is 34.1 Å². The van der Waals surface area contributed by atoms with E-state index in [-0.39, 0.29) is 0 Å². The standard InChI is InChI=1S/C12H17BrN2O2/c1-16-12-3-2-9(6-11(12)13)15-7-10-8-17-5-4-14-10/h2-3,6,10,14-15H,4-5,7-8H2,1H3. The fraction of sp³-hybridized carbons (Fsp3) is 0.500. The van der Waals surface area contributed by atoms with Crippen LogP contribution in [-0.4, -0.2) is 39.5 Å². The molecule has 1 saturated heterocycles. The van der Waals surface area contributed by atoms with Gasteiger partial charge in [0.15, 0.2) is 0 Å². The van der Waals surface area contributed by atoms with Crippen LogP contribution in [0, 0.1) is 0 Å². The zero-order chi connectivity index (χ0) is 12.1. The van der Waals surface area contributed by atoms with E-state index in [1.54, 1.807) is 7.11 Å². The van der Waals surface area contributed by atoms with Gasteiger partial charge in [-0.25, -0.2) is 0 Å². The fourth-order valence-electron chi connectivity index (χ4n) is 1.77. The molecule has 1 aromatic carbocycles. The van der Waals surface area contributed by atoms with E-state index in [4.69, 9.17) is 9.47 Å². The van der Waals surface area contributed by atoms with E-state index >= 15 is 0 Å². The number of halogens is 1. The minimum absolute atomic E-state index is 0.379. The van der Waals surface area contributed by atoms with E-state index in [0.717, 1.165) is 42.2 Å². The molecule has 1 atom stereocenters. The largest absolute Gasteiger partial charge is 0.496 e. The van der Waals surface area contributed by atoms with Crippen LogP contribution in [0.15, 0.2) is 22.7 Å². The maximum atomic E-state index is 5.40. The van der Waals surface area contributed by atoms with Crippen LogP contribution in [0.3, 0.4) is 0 Å². The molecular formula is C12H17BrN2O2. The summed E-state index contributed by atoms with van der Waals surface area (Å²) in [5.41, 5.74) is 1.07. The Balaban J connectivity index is 1.87. The second-order valence-electron chi connectivity index (χ2n) is 3.96. The molecule has 1 aliphatic heterocycles. The van der Waals surface area contributed by atoms with Crippen LogP contribution in [0.5, 0.6) is 5.75 Å². The van der Waals surface area contributed by atoms with E-state index in [9.17, 15) is 0 Å². The quantitative estimate of drug-likeness (QED) is 0.891. The third-order valence-electron chi connectivity index (χ3n) is 2.70. The molecule has 0 spiro atoms. The fourth-order valence-corrected chi connectivity index (χ4v) is 2.31. The van der Waals surface area contributed by atoms with Gasteiger partial charge in [0.2, 0.25) is 0 Å². The Morgan fingerprint density at radius 2 is 2.47 bits per heavy atom. The first-order chi connectivity index (χ1) is 8.29. The molecule has 17 heavy (non-hydrogen) atoms. The van der Waals surface area contributed by atoms with Crippen molar-refractivity contribution in [3.63, 3.8) is 0 Å². The van der Waals surface area contributed by atoms with Gasteiger partial charge in [0.1, 0.15) is 5.75 Å². The summed E-state index contributed by atoms with van der Waals surface area (Å²) in [6, 6.07) is 6.34. The highest BCUT2D eigenvalue weighted by atomic mass is 79.9. The van der Waals surface area contributed by atoms with Gasteiger partial charge in [0.25, 0.3) is 0 Å². The highest BCUT2D eigenvalue weighted by Gasteiger charge is 2.12. The highest BCUT2D eigenvalue weighted by molar-refractivity contribution is 9.10. The van der Waals surface area contributed by atoms with Crippen LogP contribution in [0.1, 0.15) is 0 Å². The van der Waals surface area contributed by atoms with E-state index < -0.39 is 0 Å². The predicted molar refractivity (Wildman–Crippen MR) is 71.8 cm³/mol. The van der Waals surface area contributed by atoms with Crippen molar-refractivity contribution in [2.45, 2.75) is 6.04 Å². The maximum Gasteiger partial charge on any atom is 0.133 e. The summed E-state index contributed by atoms with van der Waals surface area (Å²) in [5, 5.41) is 6.78. The second-order valence-corrected chi connectivity index (χ2v) is 4.81. The minimum atomic E-state index is 0.379. The predicted octanol–water partition coefficient (Wildman–Crippen LogP) is 1.86. The number of hydrogen-bond donors (Lipinski definition) is 2. The topological polar surface area (TPSA) is 42.5 Å². The summed E-state index contributed by atoms with van der Waals surface area (Å²) in [4.78, 5) is 0. The van der Waals surface area contributed by atoms with Crippen molar-refractivity contribution in [3.8, 4) is 5.75 Å². The lowest BCUT2D eigenvalue weighted by atomic mass is 10.2. The average Bonchev–Trinajstić information content (AvgIpc) is 2.38. The Morgan fingerprint density at radius 3 is 3.12 bits per heavy atom. The highest BCUT2D eigenvalue weighted by Crippen LogP contribution is 2.27. The molecule has 94 valence electrons. The zero-order valence-electron chi connectivity index (χ0n) is 9.83. The normalized spacial score (nSPS) is 20.0. The van der Waals surface area contributed by atoms with Gasteiger partial charge in [-0.1, -0.05) is 0 Å². The lowest BCUT2D eigenvalue weighted by Gasteiger charge is -2.24. The van der Waals surface area contributed by atoms with Gasteiger partial charge in [0.05, 0.1) is 24.8 Å². The summed E-state index contributed by atoms with van der Waals surface area (Å²) in [5.74, 6) is 0.842. The minimum Gasteiger partial charge on any atom is -0.496 e. The SMILES string of the molecule is COc1ccc(NCC2COCCN2)cc1Br. The zero-order valence-corrected chi connectivity index (χ0v) is 11.4. The Kier molecular flexibility index (Phi) is 4.65. The van der Waals surface area contributed by atoms with E-state index in [1.807, 2.05) is 18.2 Å². The third kappa shape index (κ3) is 3.59. The summed E-state index contributed by atoms with van der Waals surface area (Å²) in [6.07, 6.45) is 0. The summed E-state index contributed by atoms with van der Waals surface area (Å²) in [7, 11) is 1.66.